The first-order chi connectivity index (χ1) is 42.3. The summed E-state index contributed by atoms with van der Waals surface area (Å²) in [5, 5.41) is 53.3. The van der Waals surface area contributed by atoms with Crippen molar-refractivity contribution in [2.24, 2.45) is 17.4 Å². The predicted octanol–water partition coefficient (Wildman–Crippen LogP) is -2.89. The van der Waals surface area contributed by atoms with Gasteiger partial charge in [-0.05, 0) is 67.0 Å². The summed E-state index contributed by atoms with van der Waals surface area (Å²) >= 11 is 0. The highest BCUT2D eigenvalue weighted by Crippen LogP contribution is 2.23. The molecule has 19 N–H and O–H groups in total. The van der Waals surface area contributed by atoms with Crippen molar-refractivity contribution >= 4 is 82.0 Å². The summed E-state index contributed by atoms with van der Waals surface area (Å²) in [5.74, 6) is -8.91. The molecule has 12 amide bonds. The van der Waals surface area contributed by atoms with E-state index in [4.69, 9.17) is 21.6 Å². The lowest BCUT2D eigenvalue weighted by atomic mass is 10.0. The fourth-order valence-electron chi connectivity index (χ4n) is 9.87. The molecule has 4 aromatic rings. The molecule has 1 aliphatic rings. The number of aromatic amines is 1. The second-order valence-electron chi connectivity index (χ2n) is 22.0. The number of para-hydroxylation sites is 1. The predicted molar refractivity (Wildman–Crippen MR) is 324 cm³/mol. The van der Waals surface area contributed by atoms with Gasteiger partial charge in [0.15, 0.2) is 5.96 Å². The largest absolute Gasteiger partial charge is 0.497 e. The van der Waals surface area contributed by atoms with E-state index in [0.717, 1.165) is 22.7 Å². The number of carbonyl (C=O) groups excluding carboxylic acids is 11. The fourth-order valence-corrected chi connectivity index (χ4v) is 9.87. The van der Waals surface area contributed by atoms with E-state index in [1.165, 1.54) is 14.0 Å². The van der Waals surface area contributed by atoms with Crippen molar-refractivity contribution in [3.8, 4) is 5.75 Å². The van der Waals surface area contributed by atoms with E-state index in [2.05, 4.69) is 63.7 Å². The van der Waals surface area contributed by atoms with Crippen LogP contribution in [0.2, 0.25) is 0 Å². The molecule has 1 fully saturated rings. The van der Waals surface area contributed by atoms with Gasteiger partial charge in [-0.3, -0.25) is 58.8 Å². The number of rotatable bonds is 31. The van der Waals surface area contributed by atoms with Crippen molar-refractivity contribution in [2.75, 3.05) is 27.2 Å². The van der Waals surface area contributed by atoms with Gasteiger partial charge in [0.05, 0.1) is 25.7 Å². The van der Waals surface area contributed by atoms with Crippen molar-refractivity contribution in [3.63, 3.8) is 0 Å². The third-order valence-corrected chi connectivity index (χ3v) is 14.4. The standard InChI is InChI=1S/C59H82N16O14/c1-31(2)23-43(52(82)67-41(17-12-22-64-58(62)63-5)51(81)68-42(50(61)80)26-36-29-65-40-16-11-10-15-39(36)40)71-59(88)74-73-54(84)44(24-34-13-8-7-9-14-34)70-56(86)49(32(3)76)72-53(83)45(28-48(60)79)69-55(85)47-27-37(78)30-75(47)57(87)46(66-33(4)77)25-35-18-20-38(89-6)21-19-35/h7-11,13-16,18-21,29,31-32,37,41-47,49,65,76,78H,12,17,22-28,30H2,1-6H3,(H2,60,79)(H2,61,80)(H,66,77)(H,67,82)(H,68,81)(H,69,85)(H,70,86)(H,72,83)(H,73,84)(H3,62,63,64)(H2,71,74,88)/t32-,37-,41+,42+,43+,44+,45+,46+,47+,49+/m1/s1. The number of fused-ring (bicyclic) bond motifs is 1. The maximum Gasteiger partial charge on any atom is 0.334 e. The summed E-state index contributed by atoms with van der Waals surface area (Å²) in [5.41, 5.74) is 18.3. The molecule has 0 unspecified atom stereocenters. The molecule has 1 aliphatic heterocycles. The molecule has 0 spiro atoms. The van der Waals surface area contributed by atoms with Crippen molar-refractivity contribution in [1.82, 2.24) is 68.6 Å². The number of aliphatic hydroxyl groups excluding tert-OH is 2. The molecule has 2 heterocycles. The Balaban J connectivity index is 1.27. The first-order valence-corrected chi connectivity index (χ1v) is 28.9. The van der Waals surface area contributed by atoms with Gasteiger partial charge < -0.3 is 84.2 Å². The minimum absolute atomic E-state index is 0.000681. The molecule has 10 atom stereocenters. The highest BCUT2D eigenvalue weighted by molar-refractivity contribution is 5.99. The number of β-amino-alcohol motifs (C(OH)–C–C–N with tert-alkyl or cyclic N) is 1. The van der Waals surface area contributed by atoms with Crippen LogP contribution in [0.1, 0.15) is 76.5 Å². The zero-order valence-electron chi connectivity index (χ0n) is 50.4. The van der Waals surface area contributed by atoms with E-state index in [1.807, 2.05) is 24.3 Å². The zero-order valence-corrected chi connectivity index (χ0v) is 50.4. The number of nitrogens with one attached hydrogen (secondary N) is 13. The number of hydrazine groups is 1. The molecular formula is C59H82N16O14. The molecule has 5 rings (SSSR count). The number of primary amides is 2. The number of ether oxygens (including phenoxy) is 1. The number of carbonyl (C=O) groups is 11. The number of hydrogen-bond acceptors (Lipinski definition) is 15. The summed E-state index contributed by atoms with van der Waals surface area (Å²) < 4.78 is 5.20. The lowest BCUT2D eigenvalue weighted by Crippen LogP contribution is -2.62. The molecule has 1 aromatic heterocycles. The van der Waals surface area contributed by atoms with Gasteiger partial charge in [-0.2, -0.15) is 0 Å². The fraction of sp³-hybridized carbons (Fsp3) is 0.458. The number of aliphatic hydroxyl groups is 2. The summed E-state index contributed by atoms with van der Waals surface area (Å²) in [6, 6.07) is 9.39. The molecule has 1 saturated heterocycles. The van der Waals surface area contributed by atoms with Crippen LogP contribution < -0.4 is 74.9 Å². The van der Waals surface area contributed by atoms with Crippen LogP contribution in [0.5, 0.6) is 5.75 Å². The third-order valence-electron chi connectivity index (χ3n) is 14.4. The quantitative estimate of drug-likeness (QED) is 0.0104. The number of nitrogens with zero attached hydrogens (tertiary/aromatic N) is 1. The van der Waals surface area contributed by atoms with Crippen molar-refractivity contribution in [3.05, 3.63) is 102 Å². The number of amides is 12. The third kappa shape index (κ3) is 21.8. The second-order valence-corrected chi connectivity index (χ2v) is 22.0. The number of urea groups is 1. The first kappa shape index (κ1) is 69.9. The lowest BCUT2D eigenvalue weighted by molar-refractivity contribution is -0.142. The Bertz CT molecular complexity index is 3140. The van der Waals surface area contributed by atoms with Gasteiger partial charge in [-0.25, -0.2) is 10.2 Å². The molecule has 0 saturated carbocycles. The number of benzene rings is 3. The van der Waals surface area contributed by atoms with Crippen LogP contribution in [0.4, 0.5) is 4.79 Å². The van der Waals surface area contributed by atoms with E-state index >= 15 is 0 Å². The van der Waals surface area contributed by atoms with Gasteiger partial charge in [0.1, 0.15) is 54.1 Å². The number of aromatic nitrogens is 1. The molecule has 30 heteroatoms. The average Bonchev–Trinajstić information content (AvgIpc) is 4.11. The van der Waals surface area contributed by atoms with Crippen LogP contribution in [0.25, 0.3) is 10.9 Å². The molecule has 0 radical (unpaired) electrons. The normalized spacial score (nSPS) is 16.3. The lowest BCUT2D eigenvalue weighted by Gasteiger charge is -2.30. The molecule has 89 heavy (non-hydrogen) atoms. The number of guanidine groups is 1. The number of H-pyrrole nitrogens is 1. The highest BCUT2D eigenvalue weighted by atomic mass is 16.5. The molecule has 3 aromatic carbocycles. The Hall–Kier alpha value is -9.84. The Morgan fingerprint density at radius 1 is 0.697 bits per heavy atom. The molecule has 0 bridgehead atoms. The van der Waals surface area contributed by atoms with Crippen LogP contribution >= 0.6 is 0 Å². The van der Waals surface area contributed by atoms with Crippen molar-refractivity contribution in [1.29, 1.82) is 5.41 Å². The van der Waals surface area contributed by atoms with Crippen LogP contribution in [0.15, 0.2) is 85.1 Å². The van der Waals surface area contributed by atoms with E-state index in [-0.39, 0.29) is 69.9 Å². The van der Waals surface area contributed by atoms with E-state index in [1.54, 1.807) is 81.7 Å². The summed E-state index contributed by atoms with van der Waals surface area (Å²) in [6.07, 6.45) is -2.38. The molecule has 0 aliphatic carbocycles. The minimum Gasteiger partial charge on any atom is -0.497 e. The molecular weight excluding hydrogens is 1160 g/mol. The average molecular weight is 1240 g/mol. The van der Waals surface area contributed by atoms with Crippen molar-refractivity contribution < 1.29 is 67.7 Å². The topological polar surface area (TPSA) is 465 Å². The number of likely N-dealkylation sites (tertiary alicyclic amines) is 1. The zero-order chi connectivity index (χ0) is 65.5. The van der Waals surface area contributed by atoms with E-state index in [0.29, 0.717) is 22.4 Å². The van der Waals surface area contributed by atoms with Gasteiger partial charge >= 0.3 is 6.03 Å². The monoisotopic (exact) mass is 1240 g/mol. The van der Waals surface area contributed by atoms with E-state index in [9.17, 15) is 63.0 Å². The Labute approximate surface area is 513 Å². The minimum atomic E-state index is -1.89. The number of nitrogens with two attached hydrogens (primary N) is 2. The van der Waals surface area contributed by atoms with Gasteiger partial charge in [0.2, 0.25) is 53.2 Å². The van der Waals surface area contributed by atoms with Crippen LogP contribution in [0, 0.1) is 11.3 Å². The summed E-state index contributed by atoms with van der Waals surface area (Å²) in [6.45, 7) is 5.72. The maximum absolute atomic E-state index is 14.1. The van der Waals surface area contributed by atoms with Gasteiger partial charge in [-0.15, -0.1) is 0 Å². The smallest absolute Gasteiger partial charge is 0.334 e. The Kier molecular flexibility index (Phi) is 26.6. The molecule has 482 valence electrons. The summed E-state index contributed by atoms with van der Waals surface area (Å²) in [7, 11) is 3.02. The number of hydrogen-bond donors (Lipinski definition) is 17. The molecule has 30 nitrogen and oxygen atoms in total. The first-order valence-electron chi connectivity index (χ1n) is 28.9. The van der Waals surface area contributed by atoms with Crippen LogP contribution in [-0.2, 0) is 67.2 Å². The van der Waals surface area contributed by atoms with Gasteiger partial charge in [0, 0.05) is 69.8 Å². The maximum atomic E-state index is 14.1. The van der Waals surface area contributed by atoms with Crippen LogP contribution in [-0.4, -0.2) is 179 Å². The van der Waals surface area contributed by atoms with Crippen molar-refractivity contribution in [2.45, 2.75) is 140 Å². The Morgan fingerprint density at radius 3 is 1.94 bits per heavy atom. The summed E-state index contributed by atoms with van der Waals surface area (Å²) in [4.78, 5) is 154. The highest BCUT2D eigenvalue weighted by Gasteiger charge is 2.43. The van der Waals surface area contributed by atoms with E-state index < -0.39 is 132 Å². The Morgan fingerprint density at radius 2 is 1.31 bits per heavy atom. The van der Waals surface area contributed by atoms with Gasteiger partial charge in [0.25, 0.3) is 5.91 Å². The van der Waals surface area contributed by atoms with Gasteiger partial charge in [-0.1, -0.05) is 74.5 Å². The SMILES string of the molecule is CNC(=N)NCCC[C@H](NC(=O)[C@H](CC(C)C)NC(=O)NNC(=O)[C@H](Cc1ccccc1)NC(=O)[C@@H](NC(=O)[C@H](CC(N)=O)NC(=O)[C@@H]1C[C@@H](O)CN1C(=O)[C@H](Cc1ccc(OC)cc1)NC(C)=O)[C@@H](C)O)C(=O)N[C@@H](Cc1c[nH]c2ccccc12)C(N)=O. The van der Waals surface area contributed by atoms with Crippen LogP contribution in [0.3, 0.4) is 0 Å². The second kappa shape index (κ2) is 33.9. The number of methoxy groups -OCH3 is 1.